The second-order valence-electron chi connectivity index (χ2n) is 5.25. The van der Waals surface area contributed by atoms with Crippen molar-refractivity contribution in [1.82, 2.24) is 4.57 Å². The Morgan fingerprint density at radius 1 is 1.32 bits per heavy atom. The molecule has 19 heavy (non-hydrogen) atoms. The molecule has 1 aromatic heterocycles. The molecule has 3 heteroatoms. The minimum atomic E-state index is 0.163. The molecule has 0 aliphatic heterocycles. The Hall–Kier alpha value is -1.74. The zero-order valence-corrected chi connectivity index (χ0v) is 11.5. The van der Waals surface area contributed by atoms with Gasteiger partial charge in [-0.15, -0.1) is 0 Å². The summed E-state index contributed by atoms with van der Waals surface area (Å²) in [7, 11) is 0. The number of hydrogen-bond donors (Lipinski definition) is 1. The van der Waals surface area contributed by atoms with Crippen LogP contribution in [0.4, 0.5) is 0 Å². The standard InChI is InChI=1S/C16H20N2O/c1-3-19-14-5-4-12-8-13-6-7-18(10-11(2)17)16(13)15(12)9-14/h4-7,9,11H,3,8,10,17H2,1-2H3/t11-/m0/s1. The molecule has 1 atom stereocenters. The third kappa shape index (κ3) is 2.15. The number of hydrogen-bond acceptors (Lipinski definition) is 2. The molecule has 3 nitrogen and oxygen atoms in total. The van der Waals surface area contributed by atoms with Crippen molar-refractivity contribution in [3.05, 3.63) is 41.6 Å². The maximum Gasteiger partial charge on any atom is 0.119 e. The Labute approximate surface area is 114 Å². The second-order valence-corrected chi connectivity index (χ2v) is 5.25. The average Bonchev–Trinajstić information content (AvgIpc) is 2.89. The van der Waals surface area contributed by atoms with E-state index >= 15 is 0 Å². The zero-order valence-electron chi connectivity index (χ0n) is 11.5. The van der Waals surface area contributed by atoms with Gasteiger partial charge in [-0.2, -0.15) is 0 Å². The Bertz CT molecular complexity index is 599. The minimum absolute atomic E-state index is 0.163. The molecule has 3 rings (SSSR count). The van der Waals surface area contributed by atoms with Crippen LogP contribution in [0.25, 0.3) is 11.3 Å². The van der Waals surface area contributed by atoms with E-state index in [-0.39, 0.29) is 6.04 Å². The Kier molecular flexibility index (Phi) is 3.07. The second kappa shape index (κ2) is 4.74. The molecule has 1 aromatic carbocycles. The van der Waals surface area contributed by atoms with E-state index in [1.54, 1.807) is 0 Å². The summed E-state index contributed by atoms with van der Waals surface area (Å²) in [6.07, 6.45) is 3.16. The van der Waals surface area contributed by atoms with Crippen LogP contribution in [-0.2, 0) is 13.0 Å². The summed E-state index contributed by atoms with van der Waals surface area (Å²) in [4.78, 5) is 0. The van der Waals surface area contributed by atoms with Crippen LogP contribution in [0.5, 0.6) is 5.75 Å². The van der Waals surface area contributed by atoms with Crippen LogP contribution in [0.2, 0.25) is 0 Å². The minimum Gasteiger partial charge on any atom is -0.494 e. The van der Waals surface area contributed by atoms with Crippen LogP contribution in [0.1, 0.15) is 25.0 Å². The number of ether oxygens (including phenoxy) is 1. The number of nitrogens with two attached hydrogens (primary N) is 1. The Morgan fingerprint density at radius 2 is 2.16 bits per heavy atom. The van der Waals surface area contributed by atoms with Crippen molar-refractivity contribution in [2.24, 2.45) is 5.73 Å². The van der Waals surface area contributed by atoms with Gasteiger partial charge in [-0.05, 0) is 43.2 Å². The van der Waals surface area contributed by atoms with Crippen LogP contribution < -0.4 is 10.5 Å². The summed E-state index contributed by atoms with van der Waals surface area (Å²) in [5.74, 6) is 0.947. The van der Waals surface area contributed by atoms with Gasteiger partial charge >= 0.3 is 0 Å². The largest absolute Gasteiger partial charge is 0.494 e. The zero-order chi connectivity index (χ0) is 13.4. The Morgan fingerprint density at radius 3 is 2.89 bits per heavy atom. The molecule has 1 aliphatic rings. The van der Waals surface area contributed by atoms with E-state index in [0.29, 0.717) is 6.61 Å². The predicted octanol–water partition coefficient (Wildman–Crippen LogP) is 2.81. The first-order valence-corrected chi connectivity index (χ1v) is 6.88. The molecule has 0 amide bonds. The van der Waals surface area contributed by atoms with E-state index in [0.717, 1.165) is 18.7 Å². The predicted molar refractivity (Wildman–Crippen MR) is 77.5 cm³/mol. The van der Waals surface area contributed by atoms with Gasteiger partial charge in [-0.25, -0.2) is 0 Å². The first-order chi connectivity index (χ1) is 9.19. The lowest BCUT2D eigenvalue weighted by molar-refractivity contribution is 0.340. The molecular weight excluding hydrogens is 236 g/mol. The molecule has 0 fully saturated rings. The lowest BCUT2D eigenvalue weighted by Gasteiger charge is -2.12. The molecule has 0 unspecified atom stereocenters. The number of nitrogens with zero attached hydrogens (tertiary/aromatic N) is 1. The topological polar surface area (TPSA) is 40.2 Å². The molecule has 2 aromatic rings. The van der Waals surface area contributed by atoms with Gasteiger partial charge in [0.2, 0.25) is 0 Å². The van der Waals surface area contributed by atoms with Gasteiger partial charge in [-0.3, -0.25) is 0 Å². The van der Waals surface area contributed by atoms with Crippen molar-refractivity contribution in [3.63, 3.8) is 0 Å². The molecular formula is C16H20N2O. The van der Waals surface area contributed by atoms with Crippen molar-refractivity contribution in [2.75, 3.05) is 6.61 Å². The molecule has 100 valence electrons. The molecule has 1 aliphatic carbocycles. The smallest absolute Gasteiger partial charge is 0.119 e. The highest BCUT2D eigenvalue weighted by Gasteiger charge is 2.22. The Balaban J connectivity index is 2.03. The third-order valence-corrected chi connectivity index (χ3v) is 3.56. The van der Waals surface area contributed by atoms with Gasteiger partial charge in [0.05, 0.1) is 12.3 Å². The van der Waals surface area contributed by atoms with E-state index in [1.165, 1.54) is 22.4 Å². The van der Waals surface area contributed by atoms with E-state index in [1.807, 2.05) is 13.8 Å². The van der Waals surface area contributed by atoms with Gasteiger partial charge in [-0.1, -0.05) is 6.07 Å². The highest BCUT2D eigenvalue weighted by atomic mass is 16.5. The monoisotopic (exact) mass is 256 g/mol. The molecule has 0 spiro atoms. The SMILES string of the molecule is CCOc1ccc2c(c1)-c1c(ccn1C[C@H](C)N)C2. The van der Waals surface area contributed by atoms with Gasteiger partial charge in [0.15, 0.2) is 0 Å². The summed E-state index contributed by atoms with van der Waals surface area (Å²) in [5.41, 5.74) is 11.3. The highest BCUT2D eigenvalue weighted by molar-refractivity contribution is 5.75. The van der Waals surface area contributed by atoms with E-state index in [9.17, 15) is 0 Å². The molecule has 0 saturated carbocycles. The van der Waals surface area contributed by atoms with Gasteiger partial charge in [0.1, 0.15) is 5.75 Å². The lowest BCUT2D eigenvalue weighted by atomic mass is 10.1. The fourth-order valence-electron chi connectivity index (χ4n) is 2.84. The molecule has 0 saturated heterocycles. The first-order valence-electron chi connectivity index (χ1n) is 6.88. The maximum atomic E-state index is 5.93. The van der Waals surface area contributed by atoms with E-state index in [4.69, 9.17) is 10.5 Å². The summed E-state index contributed by atoms with van der Waals surface area (Å²) >= 11 is 0. The van der Waals surface area contributed by atoms with Crippen molar-refractivity contribution >= 4 is 0 Å². The number of benzene rings is 1. The third-order valence-electron chi connectivity index (χ3n) is 3.56. The van der Waals surface area contributed by atoms with Crippen LogP contribution in [0.3, 0.4) is 0 Å². The number of fused-ring (bicyclic) bond motifs is 3. The summed E-state index contributed by atoms with van der Waals surface area (Å²) < 4.78 is 7.88. The normalized spacial score (nSPS) is 14.1. The lowest BCUT2D eigenvalue weighted by Crippen LogP contribution is -2.22. The summed E-state index contributed by atoms with van der Waals surface area (Å²) in [5, 5.41) is 0. The van der Waals surface area contributed by atoms with E-state index in [2.05, 4.69) is 35.0 Å². The van der Waals surface area contributed by atoms with Gasteiger partial charge in [0.25, 0.3) is 0 Å². The molecule has 2 N–H and O–H groups in total. The molecule has 1 heterocycles. The van der Waals surface area contributed by atoms with Crippen molar-refractivity contribution in [1.29, 1.82) is 0 Å². The van der Waals surface area contributed by atoms with Gasteiger partial charge < -0.3 is 15.0 Å². The van der Waals surface area contributed by atoms with Crippen LogP contribution in [-0.4, -0.2) is 17.2 Å². The average molecular weight is 256 g/mol. The van der Waals surface area contributed by atoms with Crippen molar-refractivity contribution in [3.8, 4) is 17.0 Å². The van der Waals surface area contributed by atoms with E-state index < -0.39 is 0 Å². The molecule has 0 radical (unpaired) electrons. The van der Waals surface area contributed by atoms with Crippen molar-refractivity contribution in [2.45, 2.75) is 32.9 Å². The maximum absolute atomic E-state index is 5.93. The quantitative estimate of drug-likeness (QED) is 0.779. The van der Waals surface area contributed by atoms with Crippen LogP contribution in [0.15, 0.2) is 30.5 Å². The fraction of sp³-hybridized carbons (Fsp3) is 0.375. The summed E-state index contributed by atoms with van der Waals surface area (Å²) in [6.45, 7) is 5.61. The highest BCUT2D eigenvalue weighted by Crippen LogP contribution is 2.39. The van der Waals surface area contributed by atoms with Gasteiger partial charge in [0, 0.05) is 30.8 Å². The van der Waals surface area contributed by atoms with Crippen molar-refractivity contribution < 1.29 is 4.74 Å². The van der Waals surface area contributed by atoms with Crippen LogP contribution >= 0.6 is 0 Å². The fourth-order valence-corrected chi connectivity index (χ4v) is 2.84. The number of rotatable bonds is 4. The first kappa shape index (κ1) is 12.3. The summed E-state index contributed by atoms with van der Waals surface area (Å²) in [6, 6.07) is 8.76. The molecule has 0 bridgehead atoms. The number of aromatic nitrogens is 1. The van der Waals surface area contributed by atoms with Crippen LogP contribution in [0, 0.1) is 0 Å².